The highest BCUT2D eigenvalue weighted by atomic mass is 16.5. The highest BCUT2D eigenvalue weighted by Gasteiger charge is 2.52. The number of aliphatic hydroxyl groups excluding tert-OH is 1. The zero-order valence-corrected chi connectivity index (χ0v) is 13.8. The first-order valence-electron chi connectivity index (χ1n) is 7.70. The fraction of sp³-hybridized carbons (Fsp3) is 0.278. The summed E-state index contributed by atoms with van der Waals surface area (Å²) in [6.45, 7) is 1.97. The minimum atomic E-state index is -1.74. The van der Waals surface area contributed by atoms with Crippen molar-refractivity contribution >= 4 is 17.8 Å². The largest absolute Gasteiger partial charge is 0.479 e. The van der Waals surface area contributed by atoms with Crippen LogP contribution >= 0.6 is 0 Å². The van der Waals surface area contributed by atoms with E-state index in [0.29, 0.717) is 11.4 Å². The summed E-state index contributed by atoms with van der Waals surface area (Å²) in [5, 5.41) is 20.0. The summed E-state index contributed by atoms with van der Waals surface area (Å²) in [6.07, 6.45) is 2.90. The monoisotopic (exact) mass is 342 g/mol. The molecule has 0 saturated heterocycles. The van der Waals surface area contributed by atoms with Gasteiger partial charge in [0.1, 0.15) is 11.4 Å². The van der Waals surface area contributed by atoms with Gasteiger partial charge < -0.3 is 19.8 Å². The molecule has 2 N–H and O–H groups in total. The number of ether oxygens (including phenoxy) is 1. The number of carboxylic acid groups (broad SMARTS) is 1. The summed E-state index contributed by atoms with van der Waals surface area (Å²) in [7, 11) is 1.27. The molecule has 2 aliphatic rings. The van der Waals surface area contributed by atoms with Gasteiger partial charge in [-0.2, -0.15) is 0 Å². The number of aliphatic carboxylic acids is 1. The van der Waals surface area contributed by atoms with Crippen LogP contribution in [0.15, 0.2) is 53.2 Å². The normalized spacial score (nSPS) is 22.8. The van der Waals surface area contributed by atoms with E-state index in [1.54, 1.807) is 29.2 Å². The molecule has 0 amide bonds. The van der Waals surface area contributed by atoms with Gasteiger partial charge in [0.05, 0.1) is 19.2 Å². The number of methoxy groups -OCH3 is 1. The third-order valence-corrected chi connectivity index (χ3v) is 4.50. The number of rotatable bonds is 4. The van der Waals surface area contributed by atoms with E-state index in [-0.39, 0.29) is 12.1 Å². The van der Waals surface area contributed by atoms with Gasteiger partial charge in [0.2, 0.25) is 0 Å². The van der Waals surface area contributed by atoms with Crippen LogP contribution in [-0.4, -0.2) is 52.6 Å². The molecule has 130 valence electrons. The fourth-order valence-corrected chi connectivity index (χ4v) is 3.11. The lowest BCUT2D eigenvalue weighted by molar-refractivity contribution is -0.153. The Bertz CT molecular complexity index is 809. The number of hydrogen-bond acceptors (Lipinski definition) is 6. The van der Waals surface area contributed by atoms with Crippen molar-refractivity contribution in [3.63, 3.8) is 0 Å². The third kappa shape index (κ3) is 2.62. The highest BCUT2D eigenvalue weighted by molar-refractivity contribution is 6.03. The number of aliphatic imine (C=N–C) groups is 1. The maximum absolute atomic E-state index is 11.9. The molecule has 7 heteroatoms. The minimum Gasteiger partial charge on any atom is -0.479 e. The zero-order valence-electron chi connectivity index (χ0n) is 13.8. The molecule has 1 aromatic carbocycles. The van der Waals surface area contributed by atoms with E-state index in [1.807, 2.05) is 19.1 Å². The first-order valence-corrected chi connectivity index (χ1v) is 7.70. The smallest absolute Gasteiger partial charge is 0.339 e. The first kappa shape index (κ1) is 16.9. The summed E-state index contributed by atoms with van der Waals surface area (Å²) in [4.78, 5) is 29.4. The summed E-state index contributed by atoms with van der Waals surface area (Å²) in [6, 6.07) is 7.22. The molecule has 0 aromatic heterocycles. The van der Waals surface area contributed by atoms with Crippen LogP contribution < -0.4 is 0 Å². The van der Waals surface area contributed by atoms with Gasteiger partial charge in [-0.05, 0) is 24.6 Å². The predicted octanol–water partition coefficient (Wildman–Crippen LogP) is 0.977. The van der Waals surface area contributed by atoms with Gasteiger partial charge in [-0.25, -0.2) is 9.59 Å². The molecule has 0 radical (unpaired) electrons. The number of carbonyl (C=O) groups excluding carboxylic acids is 1. The van der Waals surface area contributed by atoms with Gasteiger partial charge >= 0.3 is 11.9 Å². The number of benzene rings is 1. The van der Waals surface area contributed by atoms with Crippen molar-refractivity contribution in [3.05, 3.63) is 59.3 Å². The van der Waals surface area contributed by atoms with Crippen LogP contribution in [0, 0.1) is 6.92 Å². The van der Waals surface area contributed by atoms with E-state index in [1.165, 1.54) is 13.3 Å². The molecule has 2 heterocycles. The Labute approximate surface area is 144 Å². The molecule has 25 heavy (non-hydrogen) atoms. The molecular weight excluding hydrogens is 324 g/mol. The number of carboxylic acids is 1. The SMILES string of the molecule is COC(=O)C1=CN2C(=NCC2(c2ccc(C)cc2)C(O)C(=O)O)C=C1. The molecule has 0 bridgehead atoms. The summed E-state index contributed by atoms with van der Waals surface area (Å²) in [5.74, 6) is -1.43. The van der Waals surface area contributed by atoms with Gasteiger partial charge in [-0.3, -0.25) is 4.99 Å². The zero-order chi connectivity index (χ0) is 18.2. The van der Waals surface area contributed by atoms with Crippen LogP contribution in [0.3, 0.4) is 0 Å². The molecule has 2 aliphatic heterocycles. The van der Waals surface area contributed by atoms with E-state index in [2.05, 4.69) is 4.99 Å². The number of fused-ring (bicyclic) bond motifs is 1. The van der Waals surface area contributed by atoms with Crippen LogP contribution in [-0.2, 0) is 19.9 Å². The first-order chi connectivity index (χ1) is 11.9. The second-order valence-electron chi connectivity index (χ2n) is 5.98. The minimum absolute atomic E-state index is 0.0498. The maximum atomic E-state index is 11.9. The standard InChI is InChI=1S/C18H18N2O5/c1-11-3-6-13(7-4-11)18(15(21)16(22)23)10-19-14-8-5-12(9-20(14)18)17(24)25-2/h3-9,15,21H,10H2,1-2H3,(H,22,23). The van der Waals surface area contributed by atoms with Crippen LogP contribution in [0.25, 0.3) is 0 Å². The molecule has 2 unspecified atom stereocenters. The Kier molecular flexibility index (Phi) is 4.18. The predicted molar refractivity (Wildman–Crippen MR) is 89.9 cm³/mol. The molecule has 3 rings (SSSR count). The average molecular weight is 342 g/mol. The maximum Gasteiger partial charge on any atom is 0.339 e. The number of nitrogens with zero attached hydrogens (tertiary/aromatic N) is 2. The van der Waals surface area contributed by atoms with Crippen molar-refractivity contribution in [2.45, 2.75) is 18.6 Å². The average Bonchev–Trinajstić information content (AvgIpc) is 3.00. The Morgan fingerprint density at radius 1 is 1.28 bits per heavy atom. The summed E-state index contributed by atoms with van der Waals surface area (Å²) < 4.78 is 4.73. The highest BCUT2D eigenvalue weighted by Crippen LogP contribution is 2.40. The van der Waals surface area contributed by atoms with E-state index in [4.69, 9.17) is 4.74 Å². The van der Waals surface area contributed by atoms with Crippen molar-refractivity contribution in [1.29, 1.82) is 0 Å². The molecule has 0 spiro atoms. The van der Waals surface area contributed by atoms with Gasteiger partial charge in [0, 0.05) is 6.20 Å². The van der Waals surface area contributed by atoms with E-state index in [9.17, 15) is 19.8 Å². The fourth-order valence-electron chi connectivity index (χ4n) is 3.11. The second-order valence-corrected chi connectivity index (χ2v) is 5.98. The molecule has 7 nitrogen and oxygen atoms in total. The number of carbonyl (C=O) groups is 2. The Hall–Kier alpha value is -2.93. The Balaban J connectivity index is 2.15. The number of esters is 1. The van der Waals surface area contributed by atoms with Crippen LogP contribution in [0.1, 0.15) is 11.1 Å². The lowest BCUT2D eigenvalue weighted by Gasteiger charge is -2.41. The lowest BCUT2D eigenvalue weighted by atomic mass is 9.82. The Morgan fingerprint density at radius 2 is 1.96 bits per heavy atom. The lowest BCUT2D eigenvalue weighted by Crippen LogP contribution is -2.55. The van der Waals surface area contributed by atoms with E-state index >= 15 is 0 Å². The summed E-state index contributed by atoms with van der Waals surface area (Å²) in [5.41, 5.74) is 0.519. The number of aryl methyl sites for hydroxylation is 1. The quantitative estimate of drug-likeness (QED) is 0.791. The molecule has 0 saturated carbocycles. The van der Waals surface area contributed by atoms with Crippen molar-refractivity contribution in [2.75, 3.05) is 13.7 Å². The number of aliphatic hydroxyl groups is 1. The molecule has 0 fully saturated rings. The van der Waals surface area contributed by atoms with Crippen LogP contribution in [0.2, 0.25) is 0 Å². The van der Waals surface area contributed by atoms with Crippen LogP contribution in [0.4, 0.5) is 0 Å². The van der Waals surface area contributed by atoms with Crippen molar-refractivity contribution < 1.29 is 24.5 Å². The Morgan fingerprint density at radius 3 is 2.56 bits per heavy atom. The van der Waals surface area contributed by atoms with Gasteiger partial charge in [-0.1, -0.05) is 29.8 Å². The second kappa shape index (κ2) is 6.18. The number of amidine groups is 1. The number of hydrogen-bond donors (Lipinski definition) is 2. The van der Waals surface area contributed by atoms with Crippen molar-refractivity contribution in [1.82, 2.24) is 4.90 Å². The van der Waals surface area contributed by atoms with E-state index in [0.717, 1.165) is 5.56 Å². The topological polar surface area (TPSA) is 99.4 Å². The third-order valence-electron chi connectivity index (χ3n) is 4.50. The van der Waals surface area contributed by atoms with E-state index < -0.39 is 23.6 Å². The molecule has 1 aromatic rings. The van der Waals surface area contributed by atoms with Crippen molar-refractivity contribution in [3.8, 4) is 0 Å². The van der Waals surface area contributed by atoms with Gasteiger partial charge in [0.25, 0.3) is 0 Å². The molecule has 2 atom stereocenters. The van der Waals surface area contributed by atoms with Crippen molar-refractivity contribution in [2.24, 2.45) is 4.99 Å². The van der Waals surface area contributed by atoms with Crippen LogP contribution in [0.5, 0.6) is 0 Å². The molecule has 0 aliphatic carbocycles. The van der Waals surface area contributed by atoms with Gasteiger partial charge in [-0.15, -0.1) is 0 Å². The molecular formula is C18H18N2O5. The van der Waals surface area contributed by atoms with Gasteiger partial charge in [0.15, 0.2) is 6.10 Å². The summed E-state index contributed by atoms with van der Waals surface area (Å²) >= 11 is 0.